The van der Waals surface area contributed by atoms with E-state index in [0.717, 1.165) is 24.6 Å². The number of nitrogens with zero attached hydrogens (tertiary/aromatic N) is 2. The van der Waals surface area contributed by atoms with Crippen LogP contribution in [0.15, 0.2) is 29.3 Å². The summed E-state index contributed by atoms with van der Waals surface area (Å²) in [6.07, 6.45) is 5.49. The smallest absolute Gasteiger partial charge is 0.195 e. The zero-order valence-electron chi connectivity index (χ0n) is 10.1. The molecule has 5 heteroatoms. The minimum absolute atomic E-state index is 0. The molecule has 0 aromatic heterocycles. The van der Waals surface area contributed by atoms with E-state index in [-0.39, 0.29) is 35.8 Å². The second-order valence-corrected chi connectivity index (χ2v) is 3.92. The first-order valence-corrected chi connectivity index (χ1v) is 5.44. The van der Waals surface area contributed by atoms with Gasteiger partial charge in [0, 0.05) is 13.6 Å². The zero-order chi connectivity index (χ0) is 12.3. The van der Waals surface area contributed by atoms with Crippen LogP contribution in [0.25, 0.3) is 0 Å². The molecular weight excluding hydrogens is 344 g/mol. The van der Waals surface area contributed by atoms with E-state index in [1.165, 1.54) is 12.1 Å². The summed E-state index contributed by atoms with van der Waals surface area (Å²) in [5, 5.41) is 3.17. The number of hydrogen-bond donors (Lipinski definition) is 1. The van der Waals surface area contributed by atoms with Gasteiger partial charge in [-0.3, -0.25) is 4.99 Å². The number of rotatable bonds is 2. The number of aliphatic imine (C=N–C) groups is 1. The summed E-state index contributed by atoms with van der Waals surface area (Å²) >= 11 is 0. The molecule has 1 aliphatic rings. The number of likely N-dealkylation sites (N-methyl/N-ethyl adjacent to an activating group) is 1. The number of benzene rings is 1. The number of guanidine groups is 1. The lowest BCUT2D eigenvalue weighted by Gasteiger charge is -2.20. The van der Waals surface area contributed by atoms with Gasteiger partial charge >= 0.3 is 0 Å². The van der Waals surface area contributed by atoms with Crippen LogP contribution in [-0.4, -0.2) is 31.0 Å². The molecule has 0 fully saturated rings. The SMILES string of the molecule is C#CC(NC1=NCCN1C)c1ccc(F)cc1.I. The maximum absolute atomic E-state index is 12.8. The third kappa shape index (κ3) is 3.35. The molecule has 1 aliphatic heterocycles. The Balaban J connectivity index is 0.00000162. The molecule has 2 rings (SSSR count). The fourth-order valence-electron chi connectivity index (χ4n) is 1.69. The third-order valence-corrected chi connectivity index (χ3v) is 2.70. The molecule has 1 heterocycles. The van der Waals surface area contributed by atoms with Gasteiger partial charge in [-0.25, -0.2) is 4.39 Å². The molecule has 0 bridgehead atoms. The highest BCUT2D eigenvalue weighted by molar-refractivity contribution is 14.0. The highest BCUT2D eigenvalue weighted by Gasteiger charge is 2.16. The van der Waals surface area contributed by atoms with Gasteiger partial charge in [0.1, 0.15) is 11.9 Å². The van der Waals surface area contributed by atoms with Crippen LogP contribution in [-0.2, 0) is 0 Å². The lowest BCUT2D eigenvalue weighted by atomic mass is 10.1. The normalized spacial score (nSPS) is 15.4. The maximum atomic E-state index is 12.8. The first-order chi connectivity index (χ1) is 8.20. The molecule has 1 aromatic rings. The molecule has 3 nitrogen and oxygen atoms in total. The predicted octanol–water partition coefficient (Wildman–Crippen LogP) is 2.01. The first-order valence-electron chi connectivity index (χ1n) is 5.44. The Labute approximate surface area is 123 Å². The summed E-state index contributed by atoms with van der Waals surface area (Å²) in [4.78, 5) is 6.32. The van der Waals surface area contributed by atoms with Crippen LogP contribution < -0.4 is 5.32 Å². The quantitative estimate of drug-likeness (QED) is 0.646. The Kier molecular flexibility index (Phi) is 5.41. The zero-order valence-corrected chi connectivity index (χ0v) is 12.4. The van der Waals surface area contributed by atoms with Gasteiger partial charge in [0.05, 0.1) is 6.54 Å². The Morgan fingerprint density at radius 3 is 2.61 bits per heavy atom. The molecular formula is C13H15FIN3. The first kappa shape index (κ1) is 14.8. The average molecular weight is 359 g/mol. The molecule has 0 amide bonds. The van der Waals surface area contributed by atoms with E-state index in [1.807, 2.05) is 11.9 Å². The van der Waals surface area contributed by atoms with E-state index in [2.05, 4.69) is 16.2 Å². The Morgan fingerprint density at radius 1 is 1.44 bits per heavy atom. The highest BCUT2D eigenvalue weighted by atomic mass is 127. The van der Waals surface area contributed by atoms with Gasteiger partial charge in [0.15, 0.2) is 5.96 Å². The number of nitrogens with one attached hydrogen (secondary N) is 1. The summed E-state index contributed by atoms with van der Waals surface area (Å²) in [6.45, 7) is 1.67. The minimum Gasteiger partial charge on any atom is -0.344 e. The van der Waals surface area contributed by atoms with Crippen molar-refractivity contribution in [3.63, 3.8) is 0 Å². The van der Waals surface area contributed by atoms with Gasteiger partial charge in [0.2, 0.25) is 0 Å². The van der Waals surface area contributed by atoms with Crippen molar-refractivity contribution >= 4 is 29.9 Å². The largest absolute Gasteiger partial charge is 0.344 e. The minimum atomic E-state index is -0.283. The van der Waals surface area contributed by atoms with Gasteiger partial charge in [-0.15, -0.1) is 30.4 Å². The fraction of sp³-hybridized carbons (Fsp3) is 0.308. The fourth-order valence-corrected chi connectivity index (χ4v) is 1.69. The molecule has 1 N–H and O–H groups in total. The van der Waals surface area contributed by atoms with Gasteiger partial charge in [-0.2, -0.15) is 0 Å². The monoisotopic (exact) mass is 359 g/mol. The van der Waals surface area contributed by atoms with Crippen LogP contribution in [0, 0.1) is 18.2 Å². The number of halogens is 2. The molecule has 1 unspecified atom stereocenters. The Bertz CT molecular complexity index is 464. The molecule has 0 aliphatic carbocycles. The van der Waals surface area contributed by atoms with Gasteiger partial charge in [-0.05, 0) is 17.7 Å². The molecule has 0 saturated carbocycles. The van der Waals surface area contributed by atoms with E-state index in [4.69, 9.17) is 6.42 Å². The van der Waals surface area contributed by atoms with Crippen molar-refractivity contribution < 1.29 is 4.39 Å². The molecule has 1 aromatic carbocycles. The average Bonchev–Trinajstić information content (AvgIpc) is 2.73. The van der Waals surface area contributed by atoms with Crippen LogP contribution in [0.5, 0.6) is 0 Å². The number of hydrogen-bond acceptors (Lipinski definition) is 3. The Morgan fingerprint density at radius 2 is 2.11 bits per heavy atom. The van der Waals surface area contributed by atoms with Gasteiger partial charge in [0.25, 0.3) is 0 Å². The van der Waals surface area contributed by atoms with E-state index >= 15 is 0 Å². The molecule has 0 radical (unpaired) electrons. The van der Waals surface area contributed by atoms with Crippen LogP contribution in [0.3, 0.4) is 0 Å². The van der Waals surface area contributed by atoms with Crippen molar-refractivity contribution in [2.45, 2.75) is 6.04 Å². The molecule has 1 atom stereocenters. The predicted molar refractivity (Wildman–Crippen MR) is 81.5 cm³/mol. The summed E-state index contributed by atoms with van der Waals surface area (Å²) in [5.41, 5.74) is 0.858. The van der Waals surface area contributed by atoms with Crippen LogP contribution in [0.1, 0.15) is 11.6 Å². The van der Waals surface area contributed by atoms with Crippen LogP contribution in [0.2, 0.25) is 0 Å². The highest BCUT2D eigenvalue weighted by Crippen LogP contribution is 2.13. The summed E-state index contributed by atoms with van der Waals surface area (Å²) in [5.74, 6) is 3.17. The van der Waals surface area contributed by atoms with Crippen molar-refractivity contribution in [2.24, 2.45) is 4.99 Å². The van der Waals surface area contributed by atoms with E-state index in [0.29, 0.717) is 0 Å². The molecule has 18 heavy (non-hydrogen) atoms. The second kappa shape index (κ2) is 6.59. The maximum Gasteiger partial charge on any atom is 0.195 e. The molecule has 0 saturated heterocycles. The Hall–Kier alpha value is -1.29. The van der Waals surface area contributed by atoms with Gasteiger partial charge < -0.3 is 10.2 Å². The summed E-state index contributed by atoms with van der Waals surface area (Å²) in [6, 6.07) is 5.89. The van der Waals surface area contributed by atoms with E-state index in [9.17, 15) is 4.39 Å². The standard InChI is InChI=1S/C13H14FN3.HI/c1-3-12(10-4-6-11(14)7-5-10)16-13-15-8-9-17(13)2;/h1,4-7,12H,8-9H2,2H3,(H,15,16);1H. The number of terminal acetylenes is 1. The summed E-state index contributed by atoms with van der Waals surface area (Å²) in [7, 11) is 1.96. The summed E-state index contributed by atoms with van der Waals surface area (Å²) < 4.78 is 12.8. The molecule has 96 valence electrons. The second-order valence-electron chi connectivity index (χ2n) is 3.92. The van der Waals surface area contributed by atoms with Crippen molar-refractivity contribution in [3.05, 3.63) is 35.6 Å². The lowest BCUT2D eigenvalue weighted by molar-refractivity contribution is 0.528. The van der Waals surface area contributed by atoms with Crippen LogP contribution in [0.4, 0.5) is 4.39 Å². The van der Waals surface area contributed by atoms with Crippen molar-refractivity contribution in [2.75, 3.05) is 20.1 Å². The topological polar surface area (TPSA) is 27.6 Å². The molecule has 0 spiro atoms. The van der Waals surface area contributed by atoms with Crippen molar-refractivity contribution in [1.29, 1.82) is 0 Å². The van der Waals surface area contributed by atoms with Crippen molar-refractivity contribution in [1.82, 2.24) is 10.2 Å². The van der Waals surface area contributed by atoms with Crippen molar-refractivity contribution in [3.8, 4) is 12.3 Å². The van der Waals surface area contributed by atoms with Gasteiger partial charge in [-0.1, -0.05) is 18.1 Å². The van der Waals surface area contributed by atoms with Crippen LogP contribution >= 0.6 is 24.0 Å². The van der Waals surface area contributed by atoms with E-state index in [1.54, 1.807) is 12.1 Å². The third-order valence-electron chi connectivity index (χ3n) is 2.70. The van der Waals surface area contributed by atoms with E-state index < -0.39 is 0 Å². The lowest BCUT2D eigenvalue weighted by Crippen LogP contribution is -2.37.